The molecule has 0 fully saturated rings. The van der Waals surface area contributed by atoms with Gasteiger partial charge in [-0.05, 0) is 18.1 Å². The fourth-order valence-electron chi connectivity index (χ4n) is 1.77. The second-order valence-corrected chi connectivity index (χ2v) is 3.82. The average molecular weight is 251 g/mol. The summed E-state index contributed by atoms with van der Waals surface area (Å²) in [5.74, 6) is -0.201. The van der Waals surface area contributed by atoms with Crippen LogP contribution in [0, 0.1) is 16.0 Å². The number of methoxy groups -OCH3 is 2. The van der Waals surface area contributed by atoms with E-state index in [4.69, 9.17) is 9.47 Å². The standard InChI is InChI=1S/C13H17NO4/c1-17-13(18-2)12(8-9-14(15)16)10-11-6-4-3-5-7-11/h3-9,12-13H,10H2,1-2H3/b9-8+/t12-/m1/s1. The summed E-state index contributed by atoms with van der Waals surface area (Å²) in [7, 11) is 3.04. The largest absolute Gasteiger partial charge is 0.355 e. The Morgan fingerprint density at radius 3 is 2.39 bits per heavy atom. The highest BCUT2D eigenvalue weighted by Crippen LogP contribution is 2.17. The van der Waals surface area contributed by atoms with Crippen molar-refractivity contribution in [3.63, 3.8) is 0 Å². The molecular formula is C13H17NO4. The number of benzene rings is 1. The second-order valence-electron chi connectivity index (χ2n) is 3.82. The molecule has 1 aromatic carbocycles. The van der Waals surface area contributed by atoms with Gasteiger partial charge in [0.05, 0.1) is 4.92 Å². The molecule has 0 aromatic heterocycles. The maximum atomic E-state index is 10.4. The minimum atomic E-state index is -0.499. The van der Waals surface area contributed by atoms with E-state index in [0.29, 0.717) is 6.42 Å². The Balaban J connectivity index is 2.80. The van der Waals surface area contributed by atoms with E-state index in [1.807, 2.05) is 30.3 Å². The number of rotatable bonds is 7. The van der Waals surface area contributed by atoms with E-state index in [0.717, 1.165) is 11.8 Å². The van der Waals surface area contributed by atoms with E-state index >= 15 is 0 Å². The third-order valence-corrected chi connectivity index (χ3v) is 2.58. The molecule has 0 aliphatic heterocycles. The van der Waals surface area contributed by atoms with Crippen molar-refractivity contribution in [2.75, 3.05) is 14.2 Å². The molecule has 0 unspecified atom stereocenters. The first-order valence-corrected chi connectivity index (χ1v) is 5.58. The van der Waals surface area contributed by atoms with Gasteiger partial charge in [0.15, 0.2) is 6.29 Å². The number of nitro groups is 1. The Kier molecular flexibility index (Phi) is 6.04. The molecule has 1 atom stereocenters. The van der Waals surface area contributed by atoms with Crippen LogP contribution in [-0.4, -0.2) is 25.4 Å². The summed E-state index contributed by atoms with van der Waals surface area (Å²) in [6.45, 7) is 0. The Labute approximate surface area is 106 Å². The van der Waals surface area contributed by atoms with Gasteiger partial charge in [0, 0.05) is 20.1 Å². The van der Waals surface area contributed by atoms with Crippen molar-refractivity contribution in [2.45, 2.75) is 12.7 Å². The molecule has 0 spiro atoms. The van der Waals surface area contributed by atoms with Crippen LogP contribution in [0.4, 0.5) is 0 Å². The number of hydrogen-bond acceptors (Lipinski definition) is 4. The highest BCUT2D eigenvalue weighted by molar-refractivity contribution is 5.16. The summed E-state index contributed by atoms with van der Waals surface area (Å²) in [6.07, 6.45) is 2.56. The Hall–Kier alpha value is -1.72. The van der Waals surface area contributed by atoms with E-state index in [-0.39, 0.29) is 5.92 Å². The number of hydrogen-bond donors (Lipinski definition) is 0. The molecule has 1 rings (SSSR count). The van der Waals surface area contributed by atoms with Crippen molar-refractivity contribution in [1.29, 1.82) is 0 Å². The molecule has 1 aromatic rings. The predicted octanol–water partition coefficient (Wildman–Crippen LogP) is 2.25. The first-order valence-electron chi connectivity index (χ1n) is 5.58. The zero-order valence-electron chi connectivity index (χ0n) is 10.5. The molecule has 18 heavy (non-hydrogen) atoms. The van der Waals surface area contributed by atoms with E-state index in [9.17, 15) is 10.1 Å². The summed E-state index contributed by atoms with van der Waals surface area (Å²) in [6, 6.07) is 9.72. The third kappa shape index (κ3) is 4.65. The van der Waals surface area contributed by atoms with Crippen molar-refractivity contribution >= 4 is 0 Å². The number of ether oxygens (including phenoxy) is 2. The quantitative estimate of drug-likeness (QED) is 0.423. The molecule has 0 bridgehead atoms. The van der Waals surface area contributed by atoms with Crippen molar-refractivity contribution in [3.8, 4) is 0 Å². The lowest BCUT2D eigenvalue weighted by molar-refractivity contribution is -0.403. The third-order valence-electron chi connectivity index (χ3n) is 2.58. The lowest BCUT2D eigenvalue weighted by Crippen LogP contribution is -2.25. The van der Waals surface area contributed by atoms with E-state index < -0.39 is 11.2 Å². The van der Waals surface area contributed by atoms with Gasteiger partial charge in [-0.25, -0.2) is 0 Å². The number of nitrogens with zero attached hydrogens (tertiary/aromatic N) is 1. The highest BCUT2D eigenvalue weighted by Gasteiger charge is 2.19. The van der Waals surface area contributed by atoms with Crippen LogP contribution in [-0.2, 0) is 15.9 Å². The van der Waals surface area contributed by atoms with Gasteiger partial charge in [-0.15, -0.1) is 0 Å². The maximum Gasteiger partial charge on any atom is 0.230 e. The lowest BCUT2D eigenvalue weighted by Gasteiger charge is -2.21. The van der Waals surface area contributed by atoms with E-state index in [2.05, 4.69) is 0 Å². The molecule has 0 saturated carbocycles. The molecule has 0 saturated heterocycles. The van der Waals surface area contributed by atoms with Crippen molar-refractivity contribution < 1.29 is 14.4 Å². The normalized spacial score (nSPS) is 13.1. The highest BCUT2D eigenvalue weighted by atomic mass is 16.7. The van der Waals surface area contributed by atoms with Crippen LogP contribution in [0.15, 0.2) is 42.6 Å². The molecule has 0 amide bonds. The summed E-state index contributed by atoms with van der Waals surface area (Å²) < 4.78 is 10.3. The molecule has 0 heterocycles. The summed E-state index contributed by atoms with van der Waals surface area (Å²) in [4.78, 5) is 9.91. The van der Waals surface area contributed by atoms with Crippen LogP contribution in [0.2, 0.25) is 0 Å². The molecule has 0 aliphatic carbocycles. The van der Waals surface area contributed by atoms with Gasteiger partial charge in [0.2, 0.25) is 6.20 Å². The molecule has 5 heteroatoms. The van der Waals surface area contributed by atoms with Gasteiger partial charge < -0.3 is 9.47 Å². The van der Waals surface area contributed by atoms with Gasteiger partial charge in [-0.3, -0.25) is 10.1 Å². The van der Waals surface area contributed by atoms with Gasteiger partial charge in [-0.1, -0.05) is 30.3 Å². The fourth-order valence-corrected chi connectivity index (χ4v) is 1.77. The monoisotopic (exact) mass is 251 g/mol. The zero-order valence-corrected chi connectivity index (χ0v) is 10.5. The molecule has 0 radical (unpaired) electrons. The summed E-state index contributed by atoms with van der Waals surface area (Å²) in [5.41, 5.74) is 1.08. The maximum absolute atomic E-state index is 10.4. The van der Waals surface area contributed by atoms with Crippen LogP contribution in [0.25, 0.3) is 0 Å². The minimum Gasteiger partial charge on any atom is -0.355 e. The van der Waals surface area contributed by atoms with Crippen LogP contribution in [0.5, 0.6) is 0 Å². The molecule has 0 aliphatic rings. The Morgan fingerprint density at radius 1 is 1.28 bits per heavy atom. The van der Waals surface area contributed by atoms with E-state index in [1.165, 1.54) is 20.3 Å². The topological polar surface area (TPSA) is 61.6 Å². The smallest absolute Gasteiger partial charge is 0.230 e. The van der Waals surface area contributed by atoms with Gasteiger partial charge in [-0.2, -0.15) is 0 Å². The Morgan fingerprint density at radius 2 is 1.89 bits per heavy atom. The predicted molar refractivity (Wildman–Crippen MR) is 67.6 cm³/mol. The van der Waals surface area contributed by atoms with Crippen LogP contribution in [0.3, 0.4) is 0 Å². The van der Waals surface area contributed by atoms with E-state index in [1.54, 1.807) is 0 Å². The minimum absolute atomic E-state index is 0.201. The summed E-state index contributed by atoms with van der Waals surface area (Å²) >= 11 is 0. The van der Waals surface area contributed by atoms with Crippen molar-refractivity contribution in [3.05, 3.63) is 58.3 Å². The van der Waals surface area contributed by atoms with Crippen LogP contribution < -0.4 is 0 Å². The average Bonchev–Trinajstić information content (AvgIpc) is 2.38. The van der Waals surface area contributed by atoms with Gasteiger partial charge in [0.1, 0.15) is 0 Å². The van der Waals surface area contributed by atoms with Gasteiger partial charge >= 0.3 is 0 Å². The fraction of sp³-hybridized carbons (Fsp3) is 0.385. The summed E-state index contributed by atoms with van der Waals surface area (Å²) in [5, 5.41) is 10.4. The molecular weight excluding hydrogens is 234 g/mol. The molecule has 5 nitrogen and oxygen atoms in total. The van der Waals surface area contributed by atoms with Gasteiger partial charge in [0.25, 0.3) is 0 Å². The second kappa shape index (κ2) is 7.58. The van der Waals surface area contributed by atoms with Crippen molar-refractivity contribution in [2.24, 2.45) is 5.92 Å². The Bertz CT molecular complexity index is 387. The van der Waals surface area contributed by atoms with Crippen molar-refractivity contribution in [1.82, 2.24) is 0 Å². The SMILES string of the molecule is COC(OC)[C@H](/C=C/[N+](=O)[O-])Cc1ccccc1. The first-order chi connectivity index (χ1) is 8.67. The lowest BCUT2D eigenvalue weighted by atomic mass is 9.98. The molecule has 0 N–H and O–H groups in total. The first kappa shape index (κ1) is 14.3. The molecule has 98 valence electrons. The van der Waals surface area contributed by atoms with Crippen LogP contribution >= 0.6 is 0 Å². The zero-order chi connectivity index (χ0) is 13.4. The van der Waals surface area contributed by atoms with Crippen LogP contribution in [0.1, 0.15) is 5.56 Å².